The van der Waals surface area contributed by atoms with Crippen LogP contribution in [0.3, 0.4) is 0 Å². The van der Waals surface area contributed by atoms with Crippen molar-refractivity contribution in [2.75, 3.05) is 17.8 Å². The van der Waals surface area contributed by atoms with Crippen LogP contribution in [-0.2, 0) is 26.9 Å². The maximum Gasteiger partial charge on any atom is 0.229 e. The lowest BCUT2D eigenvalue weighted by molar-refractivity contribution is -0.118. The Hall–Kier alpha value is -3.01. The van der Waals surface area contributed by atoms with Crippen LogP contribution < -0.4 is 9.64 Å². The van der Waals surface area contributed by atoms with Crippen LogP contribution in [0.1, 0.15) is 24.1 Å². The largest absolute Gasteiger partial charge is 0.494 e. The van der Waals surface area contributed by atoms with Crippen molar-refractivity contribution in [2.24, 2.45) is 0 Å². The Morgan fingerprint density at radius 1 is 1.09 bits per heavy atom. The predicted molar refractivity (Wildman–Crippen MR) is 140 cm³/mol. The number of anilines is 1. The average molecular weight is 530 g/mol. The van der Waals surface area contributed by atoms with E-state index in [-0.39, 0.29) is 36.8 Å². The number of aromatic nitrogens is 2. The molecule has 0 saturated carbocycles. The lowest BCUT2D eigenvalue weighted by Gasteiger charge is -2.19. The molecule has 7 nitrogen and oxygen atoms in total. The highest BCUT2D eigenvalue weighted by atomic mass is 35.5. The van der Waals surface area contributed by atoms with Gasteiger partial charge in [0.05, 0.1) is 40.6 Å². The Kier molecular flexibility index (Phi) is 8.00. The maximum atomic E-state index is 13.3. The van der Waals surface area contributed by atoms with Crippen LogP contribution >= 0.6 is 22.9 Å². The molecule has 4 aromatic rings. The number of rotatable bonds is 10. The summed E-state index contributed by atoms with van der Waals surface area (Å²) in [6.07, 6.45) is 1.93. The van der Waals surface area contributed by atoms with Gasteiger partial charge in [0.1, 0.15) is 11.3 Å². The lowest BCUT2D eigenvalue weighted by atomic mass is 10.2. The Labute approximate surface area is 213 Å². The third kappa shape index (κ3) is 6.36. The fourth-order valence-corrected chi connectivity index (χ4v) is 6.32. The minimum absolute atomic E-state index is 0.0458. The number of halogens is 1. The van der Waals surface area contributed by atoms with Crippen molar-refractivity contribution in [1.82, 2.24) is 9.97 Å². The molecule has 0 atom stereocenters. The van der Waals surface area contributed by atoms with E-state index in [0.717, 1.165) is 5.56 Å². The fourth-order valence-electron chi connectivity index (χ4n) is 3.62. The van der Waals surface area contributed by atoms with E-state index >= 15 is 0 Å². The molecule has 0 unspecified atom stereocenters. The fraction of sp³-hybridized carbons (Fsp3) is 0.240. The van der Waals surface area contributed by atoms with Crippen LogP contribution in [0, 0.1) is 0 Å². The number of nitrogens with zero attached hydrogens (tertiary/aromatic N) is 3. The first kappa shape index (κ1) is 25.1. The standard InChI is InChI=1S/C25H24ClN3O4S2/c1-33-21-13-12-20(26)24-23(21)28-25(34-24)29(16-19-10-5-6-14-27-19)22(30)11-7-15-35(31,32)17-18-8-3-2-4-9-18/h2-6,8-10,12-14H,7,11,15-17H2,1H3. The number of thiazole rings is 1. The molecule has 0 spiro atoms. The Bertz CT molecular complexity index is 1410. The number of fused-ring (bicyclic) bond motifs is 1. The van der Waals surface area contributed by atoms with Gasteiger partial charge in [-0.25, -0.2) is 13.4 Å². The first-order valence-corrected chi connectivity index (χ1v) is 14.0. The minimum atomic E-state index is -3.34. The molecular formula is C25H24ClN3O4S2. The molecule has 2 aromatic carbocycles. The van der Waals surface area contributed by atoms with Crippen molar-refractivity contribution in [2.45, 2.75) is 25.1 Å². The van der Waals surface area contributed by atoms with E-state index in [0.29, 0.717) is 31.8 Å². The van der Waals surface area contributed by atoms with Gasteiger partial charge in [-0.3, -0.25) is 14.7 Å². The number of hydrogen-bond donors (Lipinski definition) is 0. The number of ether oxygens (including phenoxy) is 1. The number of hydrogen-bond acceptors (Lipinski definition) is 7. The van der Waals surface area contributed by atoms with Crippen molar-refractivity contribution >= 4 is 54.0 Å². The van der Waals surface area contributed by atoms with Gasteiger partial charge in [-0.2, -0.15) is 0 Å². The highest BCUT2D eigenvalue weighted by Gasteiger charge is 2.23. The van der Waals surface area contributed by atoms with Crippen LogP contribution in [0.4, 0.5) is 5.13 Å². The first-order chi connectivity index (χ1) is 16.9. The highest BCUT2D eigenvalue weighted by Crippen LogP contribution is 2.39. The van der Waals surface area contributed by atoms with Crippen molar-refractivity contribution in [3.63, 3.8) is 0 Å². The number of carbonyl (C=O) groups is 1. The monoisotopic (exact) mass is 529 g/mol. The van der Waals surface area contributed by atoms with Gasteiger partial charge in [0.15, 0.2) is 15.0 Å². The van der Waals surface area contributed by atoms with Gasteiger partial charge in [0, 0.05) is 12.6 Å². The lowest BCUT2D eigenvalue weighted by Crippen LogP contribution is -2.31. The van der Waals surface area contributed by atoms with Gasteiger partial charge in [0.2, 0.25) is 5.91 Å². The summed E-state index contributed by atoms with van der Waals surface area (Å²) in [4.78, 5) is 23.8. The number of sulfone groups is 1. The van der Waals surface area contributed by atoms with Crippen LogP contribution in [0.25, 0.3) is 10.2 Å². The summed E-state index contributed by atoms with van der Waals surface area (Å²) in [6, 6.07) is 18.0. The number of amides is 1. The zero-order valence-corrected chi connectivity index (χ0v) is 21.4. The molecule has 0 fully saturated rings. The average Bonchev–Trinajstić information content (AvgIpc) is 3.30. The molecule has 2 heterocycles. The van der Waals surface area contributed by atoms with E-state index < -0.39 is 9.84 Å². The molecule has 35 heavy (non-hydrogen) atoms. The van der Waals surface area contributed by atoms with E-state index in [2.05, 4.69) is 9.97 Å². The summed E-state index contributed by atoms with van der Waals surface area (Å²) in [5, 5.41) is 0.969. The van der Waals surface area contributed by atoms with Gasteiger partial charge in [-0.15, -0.1) is 0 Å². The predicted octanol–water partition coefficient (Wildman–Crippen LogP) is 5.28. The Morgan fingerprint density at radius 3 is 2.57 bits per heavy atom. The van der Waals surface area contributed by atoms with Gasteiger partial charge < -0.3 is 4.74 Å². The van der Waals surface area contributed by atoms with Crippen molar-refractivity contribution in [1.29, 1.82) is 0 Å². The second kappa shape index (κ2) is 11.2. The highest BCUT2D eigenvalue weighted by molar-refractivity contribution is 7.90. The van der Waals surface area contributed by atoms with Crippen molar-refractivity contribution < 1.29 is 17.9 Å². The van der Waals surface area contributed by atoms with Gasteiger partial charge >= 0.3 is 0 Å². The van der Waals surface area contributed by atoms with Crippen LogP contribution in [-0.4, -0.2) is 37.2 Å². The third-order valence-electron chi connectivity index (χ3n) is 5.32. The number of methoxy groups -OCH3 is 1. The number of benzene rings is 2. The normalized spacial score (nSPS) is 11.5. The molecule has 0 saturated heterocycles. The third-order valence-corrected chi connectivity index (χ3v) is 8.54. The molecule has 0 N–H and O–H groups in total. The summed E-state index contributed by atoms with van der Waals surface area (Å²) in [7, 11) is -1.79. The topological polar surface area (TPSA) is 89.5 Å². The molecule has 4 rings (SSSR count). The number of carbonyl (C=O) groups excluding carboxylic acids is 1. The molecule has 0 aliphatic rings. The molecule has 0 radical (unpaired) electrons. The van der Waals surface area contributed by atoms with E-state index in [1.807, 2.05) is 30.3 Å². The van der Waals surface area contributed by atoms with E-state index in [1.54, 1.807) is 43.6 Å². The summed E-state index contributed by atoms with van der Waals surface area (Å²) in [5.74, 6) is 0.198. The summed E-state index contributed by atoms with van der Waals surface area (Å²) in [6.45, 7) is 0.205. The van der Waals surface area contributed by atoms with E-state index in [1.165, 1.54) is 16.2 Å². The van der Waals surface area contributed by atoms with Crippen molar-refractivity contribution in [3.8, 4) is 5.75 Å². The van der Waals surface area contributed by atoms with E-state index in [4.69, 9.17) is 16.3 Å². The molecule has 2 aromatic heterocycles. The summed E-state index contributed by atoms with van der Waals surface area (Å²) >= 11 is 7.66. The molecule has 0 aliphatic heterocycles. The van der Waals surface area contributed by atoms with Gasteiger partial charge in [-0.1, -0.05) is 59.3 Å². The van der Waals surface area contributed by atoms with Crippen LogP contribution in [0.2, 0.25) is 5.02 Å². The Balaban J connectivity index is 1.53. The molecule has 0 bridgehead atoms. The molecule has 182 valence electrons. The number of pyridine rings is 1. The van der Waals surface area contributed by atoms with Crippen LogP contribution in [0.5, 0.6) is 5.75 Å². The first-order valence-electron chi connectivity index (χ1n) is 10.9. The van der Waals surface area contributed by atoms with Gasteiger partial charge in [0.25, 0.3) is 0 Å². The smallest absolute Gasteiger partial charge is 0.229 e. The molecule has 1 amide bonds. The SMILES string of the molecule is COc1ccc(Cl)c2sc(N(Cc3ccccn3)C(=O)CCCS(=O)(=O)Cc3ccccc3)nc12. The van der Waals surface area contributed by atoms with Crippen LogP contribution in [0.15, 0.2) is 66.9 Å². The second-order valence-electron chi connectivity index (χ2n) is 7.91. The maximum absolute atomic E-state index is 13.3. The van der Waals surface area contributed by atoms with E-state index in [9.17, 15) is 13.2 Å². The molecule has 10 heteroatoms. The van der Waals surface area contributed by atoms with Gasteiger partial charge in [-0.05, 0) is 36.2 Å². The Morgan fingerprint density at radius 2 is 1.86 bits per heavy atom. The summed E-state index contributed by atoms with van der Waals surface area (Å²) < 4.78 is 31.2. The van der Waals surface area contributed by atoms with Crippen molar-refractivity contribution in [3.05, 3.63) is 83.1 Å². The zero-order chi connectivity index (χ0) is 24.8. The quantitative estimate of drug-likeness (QED) is 0.277. The zero-order valence-electron chi connectivity index (χ0n) is 19.1. The second-order valence-corrected chi connectivity index (χ2v) is 11.5. The summed E-state index contributed by atoms with van der Waals surface area (Å²) in [5.41, 5.74) is 2.00. The molecule has 0 aliphatic carbocycles. The molecular weight excluding hydrogens is 506 g/mol. The minimum Gasteiger partial charge on any atom is -0.494 e.